The molecule has 1 aliphatic rings. The highest BCUT2D eigenvalue weighted by Gasteiger charge is 2.21. The Balaban J connectivity index is 1.83. The van der Waals surface area contributed by atoms with Crippen molar-refractivity contribution in [2.24, 2.45) is 0 Å². The number of hydrogen-bond donors (Lipinski definition) is 0. The van der Waals surface area contributed by atoms with E-state index in [1.54, 1.807) is 0 Å². The van der Waals surface area contributed by atoms with Gasteiger partial charge < -0.3 is 9.80 Å². The predicted molar refractivity (Wildman–Crippen MR) is 88.8 cm³/mol. The second-order valence-corrected chi connectivity index (χ2v) is 6.48. The zero-order valence-electron chi connectivity index (χ0n) is 14.2. The molecule has 5 nitrogen and oxygen atoms in total. The van der Waals surface area contributed by atoms with Crippen LogP contribution >= 0.6 is 0 Å². The predicted octanol–water partition coefficient (Wildman–Crippen LogP) is 1.03. The molecule has 0 radical (unpaired) electrons. The summed E-state index contributed by atoms with van der Waals surface area (Å²) < 4.78 is 0. The number of rotatable bonds is 5. The Morgan fingerprint density at radius 1 is 1.36 bits per heavy atom. The molecular formula is C17H28N4O. The smallest absolute Gasteiger partial charge is 0.236 e. The number of pyridine rings is 1. The summed E-state index contributed by atoms with van der Waals surface area (Å²) in [6, 6.07) is 4.42. The van der Waals surface area contributed by atoms with Crippen LogP contribution in [0.4, 0.5) is 0 Å². The number of aryl methyl sites for hydroxylation is 1. The zero-order valence-corrected chi connectivity index (χ0v) is 14.2. The summed E-state index contributed by atoms with van der Waals surface area (Å²) in [6.07, 6.45) is 2.72. The highest BCUT2D eigenvalue weighted by atomic mass is 16.2. The van der Waals surface area contributed by atoms with Crippen molar-refractivity contribution in [3.63, 3.8) is 0 Å². The maximum Gasteiger partial charge on any atom is 0.236 e. The molecule has 0 saturated carbocycles. The van der Waals surface area contributed by atoms with Crippen LogP contribution in [0.3, 0.4) is 0 Å². The number of aromatic nitrogens is 1. The number of likely N-dealkylation sites (N-methyl/N-ethyl adjacent to an activating group) is 2. The van der Waals surface area contributed by atoms with Crippen LogP contribution in [-0.2, 0) is 11.2 Å². The van der Waals surface area contributed by atoms with E-state index in [0.29, 0.717) is 12.6 Å². The zero-order chi connectivity index (χ0) is 16.1. The lowest BCUT2D eigenvalue weighted by Gasteiger charge is -2.34. The number of carbonyl (C=O) groups excluding carboxylic acids is 1. The van der Waals surface area contributed by atoms with Gasteiger partial charge in [-0.3, -0.25) is 14.7 Å². The average Bonchev–Trinajstić information content (AvgIpc) is 2.47. The molecule has 0 spiro atoms. The molecular weight excluding hydrogens is 276 g/mol. The summed E-state index contributed by atoms with van der Waals surface area (Å²) in [5.74, 6) is 0.236. The Morgan fingerprint density at radius 3 is 2.68 bits per heavy atom. The summed E-state index contributed by atoms with van der Waals surface area (Å²) in [5.41, 5.74) is 2.32. The molecule has 1 aliphatic heterocycles. The van der Waals surface area contributed by atoms with Gasteiger partial charge in [-0.1, -0.05) is 0 Å². The third kappa shape index (κ3) is 4.78. The van der Waals surface area contributed by atoms with E-state index >= 15 is 0 Å². The molecule has 1 atom stereocenters. The minimum Gasteiger partial charge on any atom is -0.339 e. The first-order chi connectivity index (χ1) is 10.5. The first-order valence-electron chi connectivity index (χ1n) is 8.04. The van der Waals surface area contributed by atoms with Crippen LogP contribution in [0, 0.1) is 6.92 Å². The van der Waals surface area contributed by atoms with Gasteiger partial charge in [0.1, 0.15) is 0 Å². The van der Waals surface area contributed by atoms with Crippen molar-refractivity contribution >= 4 is 5.91 Å². The maximum absolute atomic E-state index is 12.4. The van der Waals surface area contributed by atoms with E-state index in [0.717, 1.165) is 38.3 Å². The van der Waals surface area contributed by atoms with Gasteiger partial charge in [-0.2, -0.15) is 0 Å². The molecule has 0 unspecified atom stereocenters. The summed E-state index contributed by atoms with van der Waals surface area (Å²) in [6.45, 7) is 8.35. The molecule has 2 rings (SSSR count). The van der Waals surface area contributed by atoms with Crippen molar-refractivity contribution in [3.05, 3.63) is 29.6 Å². The van der Waals surface area contributed by atoms with Crippen molar-refractivity contribution in [2.75, 3.05) is 46.8 Å². The van der Waals surface area contributed by atoms with E-state index in [9.17, 15) is 4.79 Å². The Morgan fingerprint density at radius 2 is 2.05 bits per heavy atom. The van der Waals surface area contributed by atoms with E-state index in [1.807, 2.05) is 24.2 Å². The molecule has 22 heavy (non-hydrogen) atoms. The third-order valence-electron chi connectivity index (χ3n) is 4.47. The number of hydrogen-bond acceptors (Lipinski definition) is 4. The van der Waals surface area contributed by atoms with E-state index in [-0.39, 0.29) is 5.91 Å². The number of piperazine rings is 1. The number of amides is 1. The van der Waals surface area contributed by atoms with Crippen LogP contribution < -0.4 is 0 Å². The standard InChI is InChI=1S/C17H28N4O/c1-14-5-6-18-16(11-14)12-15(2)20(4)13-17(22)21-9-7-19(3)8-10-21/h5-6,11,15H,7-10,12-13H2,1-4H3/t15-/m0/s1. The van der Waals surface area contributed by atoms with Gasteiger partial charge in [0.15, 0.2) is 0 Å². The lowest BCUT2D eigenvalue weighted by molar-refractivity contribution is -0.134. The highest BCUT2D eigenvalue weighted by Crippen LogP contribution is 2.08. The number of carbonyl (C=O) groups is 1. The monoisotopic (exact) mass is 304 g/mol. The van der Waals surface area contributed by atoms with Crippen molar-refractivity contribution < 1.29 is 4.79 Å². The highest BCUT2D eigenvalue weighted by molar-refractivity contribution is 5.78. The van der Waals surface area contributed by atoms with Crippen LogP contribution in [0.1, 0.15) is 18.2 Å². The van der Waals surface area contributed by atoms with E-state index in [4.69, 9.17) is 0 Å². The molecule has 1 amide bonds. The normalized spacial score (nSPS) is 17.8. The largest absolute Gasteiger partial charge is 0.339 e. The fraction of sp³-hybridized carbons (Fsp3) is 0.647. The topological polar surface area (TPSA) is 39.7 Å². The van der Waals surface area contributed by atoms with Gasteiger partial charge in [0.25, 0.3) is 0 Å². The van der Waals surface area contributed by atoms with Crippen molar-refractivity contribution in [1.29, 1.82) is 0 Å². The van der Waals surface area contributed by atoms with Gasteiger partial charge in [0.05, 0.1) is 6.54 Å². The first kappa shape index (κ1) is 16.9. The molecule has 1 aromatic rings. The molecule has 0 N–H and O–H groups in total. The SMILES string of the molecule is Cc1ccnc(C[C@H](C)N(C)CC(=O)N2CCN(C)CC2)c1. The van der Waals surface area contributed by atoms with Crippen molar-refractivity contribution in [3.8, 4) is 0 Å². The molecule has 1 aromatic heterocycles. The van der Waals surface area contributed by atoms with Crippen molar-refractivity contribution in [1.82, 2.24) is 19.7 Å². The minimum atomic E-state index is 0.236. The first-order valence-corrected chi connectivity index (χ1v) is 8.04. The van der Waals surface area contributed by atoms with Gasteiger partial charge in [-0.15, -0.1) is 0 Å². The van der Waals surface area contributed by atoms with Crippen LogP contribution in [0.2, 0.25) is 0 Å². The molecule has 122 valence electrons. The molecule has 0 aromatic carbocycles. The number of nitrogens with zero attached hydrogens (tertiary/aromatic N) is 4. The Bertz CT molecular complexity index is 497. The van der Waals surface area contributed by atoms with Crippen LogP contribution in [0.25, 0.3) is 0 Å². The van der Waals surface area contributed by atoms with Crippen LogP contribution in [-0.4, -0.2) is 78.5 Å². The summed E-state index contributed by atoms with van der Waals surface area (Å²) in [5, 5.41) is 0. The second kappa shape index (κ2) is 7.70. The average molecular weight is 304 g/mol. The van der Waals surface area contributed by atoms with E-state index in [2.05, 4.69) is 41.7 Å². The van der Waals surface area contributed by atoms with Crippen LogP contribution in [0.15, 0.2) is 18.3 Å². The summed E-state index contributed by atoms with van der Waals surface area (Å²) in [4.78, 5) is 23.2. The summed E-state index contributed by atoms with van der Waals surface area (Å²) >= 11 is 0. The lowest BCUT2D eigenvalue weighted by Crippen LogP contribution is -2.50. The molecule has 0 aliphatic carbocycles. The summed E-state index contributed by atoms with van der Waals surface area (Å²) in [7, 11) is 4.12. The Kier molecular flexibility index (Phi) is 5.91. The molecule has 1 saturated heterocycles. The van der Waals surface area contributed by atoms with Crippen LogP contribution in [0.5, 0.6) is 0 Å². The van der Waals surface area contributed by atoms with Crippen molar-refractivity contribution in [2.45, 2.75) is 26.3 Å². The third-order valence-corrected chi connectivity index (χ3v) is 4.47. The molecule has 5 heteroatoms. The maximum atomic E-state index is 12.4. The van der Waals surface area contributed by atoms with Gasteiger partial charge in [-0.05, 0) is 45.6 Å². The quantitative estimate of drug-likeness (QED) is 0.814. The fourth-order valence-electron chi connectivity index (χ4n) is 2.69. The second-order valence-electron chi connectivity index (χ2n) is 6.48. The molecule has 1 fully saturated rings. The van der Waals surface area contributed by atoms with Gasteiger partial charge in [0, 0.05) is 50.5 Å². The van der Waals surface area contributed by atoms with Gasteiger partial charge >= 0.3 is 0 Å². The van der Waals surface area contributed by atoms with E-state index in [1.165, 1.54) is 5.56 Å². The Hall–Kier alpha value is -1.46. The molecule has 2 heterocycles. The lowest BCUT2D eigenvalue weighted by atomic mass is 10.1. The molecule has 0 bridgehead atoms. The van der Waals surface area contributed by atoms with Gasteiger partial charge in [0.2, 0.25) is 5.91 Å². The Labute approximate surface area is 133 Å². The van der Waals surface area contributed by atoms with E-state index < -0.39 is 0 Å². The van der Waals surface area contributed by atoms with Gasteiger partial charge in [-0.25, -0.2) is 0 Å². The minimum absolute atomic E-state index is 0.236. The fourth-order valence-corrected chi connectivity index (χ4v) is 2.69.